The molecule has 34 heavy (non-hydrogen) atoms. The molecule has 3 aromatic rings. The van der Waals surface area contributed by atoms with Crippen LogP contribution in [0, 0.1) is 17.0 Å². The van der Waals surface area contributed by atoms with Gasteiger partial charge in [-0.2, -0.15) is 0 Å². The topological polar surface area (TPSA) is 135 Å². The van der Waals surface area contributed by atoms with Crippen molar-refractivity contribution in [1.82, 2.24) is 10.2 Å². The van der Waals surface area contributed by atoms with Gasteiger partial charge in [0.15, 0.2) is 0 Å². The number of carbonyl (C=O) groups excluding carboxylic acids is 3. The summed E-state index contributed by atoms with van der Waals surface area (Å²) < 4.78 is 6.19. The molecular weight excluding hydrogens is 508 g/mol. The first-order valence-electron chi connectivity index (χ1n) is 9.96. The molecule has 2 heterocycles. The van der Waals surface area contributed by atoms with Crippen LogP contribution in [0.2, 0.25) is 0 Å². The standard InChI is InChI=1S/C23H17BrN4O6/c1-13-3-2-4-14(9-13)25-21(29)12-27-22(30)19(26-23(27)31)11-16-6-8-20(34-16)17-7-5-15(28(32)33)10-18(17)24/h2-11H,12H2,1H3,(H,25,29)(H,26,31)/b19-11-. The Morgan fingerprint density at radius 2 is 2.00 bits per heavy atom. The molecule has 0 bridgehead atoms. The average Bonchev–Trinajstić information content (AvgIpc) is 3.34. The number of urea groups is 1. The summed E-state index contributed by atoms with van der Waals surface area (Å²) in [6, 6.07) is 13.9. The molecule has 0 aliphatic carbocycles. The molecule has 172 valence electrons. The van der Waals surface area contributed by atoms with Gasteiger partial charge in [0, 0.05) is 33.9 Å². The summed E-state index contributed by atoms with van der Waals surface area (Å²) in [5.41, 5.74) is 1.98. The van der Waals surface area contributed by atoms with Gasteiger partial charge in [-0.1, -0.05) is 12.1 Å². The van der Waals surface area contributed by atoms with Crippen LogP contribution >= 0.6 is 15.9 Å². The van der Waals surface area contributed by atoms with Gasteiger partial charge in [0.25, 0.3) is 11.6 Å². The molecule has 11 heteroatoms. The van der Waals surface area contributed by atoms with Gasteiger partial charge in [0.05, 0.1) is 4.92 Å². The SMILES string of the molecule is Cc1cccc(NC(=O)CN2C(=O)N/C(=C\c3ccc(-c4ccc([N+](=O)[O-])cc4Br)o3)C2=O)c1. The lowest BCUT2D eigenvalue weighted by Crippen LogP contribution is -2.38. The van der Waals surface area contributed by atoms with Crippen molar-refractivity contribution >= 4 is 51.2 Å². The van der Waals surface area contributed by atoms with E-state index in [1.165, 1.54) is 24.3 Å². The third-order valence-electron chi connectivity index (χ3n) is 4.91. The Labute approximate surface area is 201 Å². The predicted octanol–water partition coefficient (Wildman–Crippen LogP) is 4.46. The molecule has 4 rings (SSSR count). The number of hydrogen-bond acceptors (Lipinski definition) is 6. The fourth-order valence-electron chi connectivity index (χ4n) is 3.32. The molecule has 4 amide bonds. The number of hydrogen-bond donors (Lipinski definition) is 2. The van der Waals surface area contributed by atoms with Crippen molar-refractivity contribution in [2.24, 2.45) is 0 Å². The van der Waals surface area contributed by atoms with Gasteiger partial charge >= 0.3 is 6.03 Å². The lowest BCUT2D eigenvalue weighted by atomic mass is 10.1. The highest BCUT2D eigenvalue weighted by molar-refractivity contribution is 9.10. The Bertz CT molecular complexity index is 1360. The van der Waals surface area contributed by atoms with Gasteiger partial charge in [-0.25, -0.2) is 9.69 Å². The van der Waals surface area contributed by atoms with Crippen molar-refractivity contribution in [3.05, 3.63) is 86.2 Å². The minimum absolute atomic E-state index is 0.0444. The number of furan rings is 1. The maximum Gasteiger partial charge on any atom is 0.329 e. The molecule has 1 aromatic heterocycles. The van der Waals surface area contributed by atoms with E-state index >= 15 is 0 Å². The van der Waals surface area contributed by atoms with Gasteiger partial charge in [0.1, 0.15) is 23.8 Å². The van der Waals surface area contributed by atoms with Crippen molar-refractivity contribution in [2.75, 3.05) is 11.9 Å². The molecule has 0 spiro atoms. The normalized spacial score (nSPS) is 14.4. The van der Waals surface area contributed by atoms with E-state index in [0.29, 0.717) is 21.5 Å². The zero-order valence-corrected chi connectivity index (χ0v) is 19.3. The van der Waals surface area contributed by atoms with Gasteiger partial charge in [-0.3, -0.25) is 19.7 Å². The highest BCUT2D eigenvalue weighted by Gasteiger charge is 2.35. The zero-order chi connectivity index (χ0) is 24.4. The Kier molecular flexibility index (Phi) is 6.28. The Morgan fingerprint density at radius 1 is 1.21 bits per heavy atom. The largest absolute Gasteiger partial charge is 0.457 e. The van der Waals surface area contributed by atoms with E-state index in [1.54, 1.807) is 30.3 Å². The quantitative estimate of drug-likeness (QED) is 0.211. The summed E-state index contributed by atoms with van der Waals surface area (Å²) in [5, 5.41) is 16.0. The monoisotopic (exact) mass is 524 g/mol. The second-order valence-corrected chi connectivity index (χ2v) is 8.27. The number of aryl methyl sites for hydroxylation is 1. The molecule has 2 aromatic carbocycles. The lowest BCUT2D eigenvalue weighted by molar-refractivity contribution is -0.384. The highest BCUT2D eigenvalue weighted by Crippen LogP contribution is 2.33. The fourth-order valence-corrected chi connectivity index (χ4v) is 3.88. The van der Waals surface area contributed by atoms with Crippen LogP contribution < -0.4 is 10.6 Å². The van der Waals surface area contributed by atoms with Gasteiger partial charge in [-0.15, -0.1) is 0 Å². The number of non-ortho nitro benzene ring substituents is 1. The predicted molar refractivity (Wildman–Crippen MR) is 127 cm³/mol. The molecule has 0 saturated carbocycles. The minimum Gasteiger partial charge on any atom is -0.457 e. The number of benzene rings is 2. The molecule has 1 aliphatic rings. The van der Waals surface area contributed by atoms with Crippen molar-refractivity contribution in [3.63, 3.8) is 0 Å². The van der Waals surface area contributed by atoms with E-state index in [1.807, 2.05) is 13.0 Å². The van der Waals surface area contributed by atoms with E-state index < -0.39 is 29.3 Å². The Balaban J connectivity index is 1.47. The van der Waals surface area contributed by atoms with Crippen molar-refractivity contribution in [3.8, 4) is 11.3 Å². The first-order chi connectivity index (χ1) is 16.2. The maximum atomic E-state index is 12.7. The second kappa shape index (κ2) is 9.32. The van der Waals surface area contributed by atoms with E-state index in [2.05, 4.69) is 26.6 Å². The van der Waals surface area contributed by atoms with Gasteiger partial charge in [-0.05, 0) is 58.7 Å². The van der Waals surface area contributed by atoms with E-state index in [-0.39, 0.29) is 17.1 Å². The highest BCUT2D eigenvalue weighted by atomic mass is 79.9. The summed E-state index contributed by atoms with van der Waals surface area (Å²) in [4.78, 5) is 48.5. The summed E-state index contributed by atoms with van der Waals surface area (Å²) in [6.07, 6.45) is 1.35. The minimum atomic E-state index is -0.722. The van der Waals surface area contributed by atoms with Crippen molar-refractivity contribution < 1.29 is 23.7 Å². The number of nitro benzene ring substituents is 1. The molecule has 1 fully saturated rings. The number of carbonyl (C=O) groups is 3. The van der Waals surface area contributed by atoms with Crippen LogP contribution in [-0.2, 0) is 9.59 Å². The van der Waals surface area contributed by atoms with Crippen LogP contribution in [0.5, 0.6) is 0 Å². The number of nitrogens with one attached hydrogen (secondary N) is 2. The third-order valence-corrected chi connectivity index (χ3v) is 5.56. The first-order valence-corrected chi connectivity index (χ1v) is 10.8. The van der Waals surface area contributed by atoms with Crippen LogP contribution in [-0.4, -0.2) is 34.2 Å². The average molecular weight is 525 g/mol. The molecule has 10 nitrogen and oxygen atoms in total. The molecular formula is C23H17BrN4O6. The fraction of sp³-hybridized carbons (Fsp3) is 0.0870. The first kappa shape index (κ1) is 22.9. The number of nitrogens with zero attached hydrogens (tertiary/aromatic N) is 2. The van der Waals surface area contributed by atoms with E-state index in [4.69, 9.17) is 4.42 Å². The van der Waals surface area contributed by atoms with Crippen LogP contribution in [0.25, 0.3) is 17.4 Å². The van der Waals surface area contributed by atoms with Crippen molar-refractivity contribution in [1.29, 1.82) is 0 Å². The molecule has 2 N–H and O–H groups in total. The van der Waals surface area contributed by atoms with Crippen LogP contribution in [0.15, 0.2) is 69.2 Å². The van der Waals surface area contributed by atoms with E-state index in [9.17, 15) is 24.5 Å². The zero-order valence-electron chi connectivity index (χ0n) is 17.7. The van der Waals surface area contributed by atoms with Crippen LogP contribution in [0.4, 0.5) is 16.2 Å². The number of anilines is 1. The molecule has 1 saturated heterocycles. The molecule has 0 unspecified atom stereocenters. The smallest absolute Gasteiger partial charge is 0.329 e. The Morgan fingerprint density at radius 3 is 2.71 bits per heavy atom. The van der Waals surface area contributed by atoms with Gasteiger partial charge < -0.3 is 15.1 Å². The number of halogens is 1. The Hall–Kier alpha value is -4.25. The number of imide groups is 1. The molecule has 0 atom stereocenters. The third kappa shape index (κ3) is 4.89. The van der Waals surface area contributed by atoms with Gasteiger partial charge in [0.2, 0.25) is 5.91 Å². The number of nitro groups is 1. The summed E-state index contributed by atoms with van der Waals surface area (Å²) >= 11 is 3.29. The second-order valence-electron chi connectivity index (χ2n) is 7.42. The number of rotatable bonds is 6. The molecule has 0 radical (unpaired) electrons. The number of amides is 4. The summed E-state index contributed by atoms with van der Waals surface area (Å²) in [7, 11) is 0. The molecule has 1 aliphatic heterocycles. The lowest BCUT2D eigenvalue weighted by Gasteiger charge is -2.12. The van der Waals surface area contributed by atoms with E-state index in [0.717, 1.165) is 10.5 Å². The van der Waals surface area contributed by atoms with Crippen molar-refractivity contribution in [2.45, 2.75) is 6.92 Å². The summed E-state index contributed by atoms with van der Waals surface area (Å²) in [5.74, 6) is -0.507. The van der Waals surface area contributed by atoms with Crippen LogP contribution in [0.3, 0.4) is 0 Å². The summed E-state index contributed by atoms with van der Waals surface area (Å²) in [6.45, 7) is 1.43. The van der Waals surface area contributed by atoms with Crippen LogP contribution in [0.1, 0.15) is 11.3 Å². The maximum absolute atomic E-state index is 12.7.